The summed E-state index contributed by atoms with van der Waals surface area (Å²) in [6, 6.07) is 17.5. The van der Waals surface area contributed by atoms with Gasteiger partial charge < -0.3 is 0 Å². The first-order chi connectivity index (χ1) is 8.35. The lowest BCUT2D eigenvalue weighted by Crippen LogP contribution is -1.97. The molecule has 0 saturated carbocycles. The number of hydrogen-bond donors (Lipinski definition) is 0. The lowest BCUT2D eigenvalue weighted by molar-refractivity contribution is 1.02. The summed E-state index contributed by atoms with van der Waals surface area (Å²) in [5.74, 6) is 0. The Morgan fingerprint density at radius 3 is 1.21 bits per heavy atom. The molecule has 0 fully saturated rings. The summed E-state index contributed by atoms with van der Waals surface area (Å²) >= 11 is 0. The van der Waals surface area contributed by atoms with Gasteiger partial charge in [-0.15, -0.1) is 0 Å². The molecule has 0 atom stereocenters. The van der Waals surface area contributed by atoms with E-state index in [-0.39, 0.29) is 14.9 Å². The van der Waals surface area contributed by atoms with Crippen molar-refractivity contribution in [2.24, 2.45) is 0 Å². The van der Waals surface area contributed by atoms with Crippen molar-refractivity contribution in [2.75, 3.05) is 0 Å². The van der Waals surface area contributed by atoms with E-state index in [1.807, 2.05) is 0 Å². The summed E-state index contributed by atoms with van der Waals surface area (Å²) in [5.41, 5.74) is 5.88. The Kier molecular flexibility index (Phi) is 7.83. The van der Waals surface area contributed by atoms with Crippen molar-refractivity contribution in [1.82, 2.24) is 0 Å². The predicted molar refractivity (Wildman–Crippen MR) is 87.9 cm³/mol. The third kappa shape index (κ3) is 4.24. The summed E-state index contributed by atoms with van der Waals surface area (Å²) < 4.78 is 0. The third-order valence-electron chi connectivity index (χ3n) is 3.38. The van der Waals surface area contributed by atoms with E-state index in [0.717, 1.165) is 19.3 Å². The Labute approximate surface area is 119 Å². The van der Waals surface area contributed by atoms with E-state index >= 15 is 0 Å². The van der Waals surface area contributed by atoms with Gasteiger partial charge in [-0.3, -0.25) is 0 Å². The fourth-order valence-electron chi connectivity index (χ4n) is 2.35. The van der Waals surface area contributed by atoms with Crippen molar-refractivity contribution in [3.63, 3.8) is 0 Å². The van der Waals surface area contributed by atoms with Gasteiger partial charge in [-0.25, -0.2) is 0 Å². The molecule has 0 aromatic heterocycles. The molecular weight excluding hydrogens is 228 g/mol. The average molecular weight is 256 g/mol. The van der Waals surface area contributed by atoms with Gasteiger partial charge in [-0.2, -0.15) is 0 Å². The molecule has 0 aliphatic heterocycles. The van der Waals surface area contributed by atoms with Crippen molar-refractivity contribution in [1.29, 1.82) is 0 Å². The van der Waals surface area contributed by atoms with Crippen LogP contribution in [-0.4, -0.2) is 0 Å². The zero-order valence-corrected chi connectivity index (χ0v) is 10.7. The first kappa shape index (κ1) is 17.4. The van der Waals surface area contributed by atoms with Crippen molar-refractivity contribution >= 4 is 0 Å². The lowest BCUT2D eigenvalue weighted by Gasteiger charge is -2.11. The van der Waals surface area contributed by atoms with Crippen LogP contribution >= 0.6 is 0 Å². The van der Waals surface area contributed by atoms with E-state index in [0.29, 0.717) is 0 Å². The highest BCUT2D eigenvalue weighted by Gasteiger charge is 2.04. The number of benzene rings is 2. The van der Waals surface area contributed by atoms with E-state index in [4.69, 9.17) is 0 Å². The van der Waals surface area contributed by atoms with Gasteiger partial charge in [0.05, 0.1) is 0 Å². The molecular formula is C19H28. The molecule has 0 radical (unpaired) electrons. The molecule has 0 amide bonds. The Hall–Kier alpha value is -1.56. The van der Waals surface area contributed by atoms with Crippen LogP contribution in [0.4, 0.5) is 0 Å². The molecule has 0 aliphatic carbocycles. The molecule has 0 saturated heterocycles. The van der Waals surface area contributed by atoms with E-state index < -0.39 is 0 Å². The second-order valence-corrected chi connectivity index (χ2v) is 4.42. The van der Waals surface area contributed by atoms with Crippen molar-refractivity contribution < 1.29 is 0 Å². The van der Waals surface area contributed by atoms with Gasteiger partial charge in [-0.1, -0.05) is 77.2 Å². The van der Waals surface area contributed by atoms with Crippen LogP contribution in [0.2, 0.25) is 0 Å². The van der Waals surface area contributed by atoms with Crippen molar-refractivity contribution in [3.8, 4) is 0 Å². The maximum atomic E-state index is 2.26. The van der Waals surface area contributed by atoms with Gasteiger partial charge in [-0.05, 0) is 41.5 Å². The van der Waals surface area contributed by atoms with Gasteiger partial charge in [0.15, 0.2) is 0 Å². The Bertz CT molecular complexity index is 437. The molecule has 0 aliphatic rings. The first-order valence-corrected chi connectivity index (χ1v) is 6.48. The predicted octanol–water partition coefficient (Wildman–Crippen LogP) is 5.67. The van der Waals surface area contributed by atoms with Crippen LogP contribution in [0, 0.1) is 0 Å². The number of aryl methyl sites for hydroxylation is 2. The van der Waals surface area contributed by atoms with E-state index in [1.54, 1.807) is 0 Å². The standard InChI is InChI=1S/C17H20.2CH4/c1-3-14-9-5-7-11-16(14)13-17-12-8-6-10-15(17)4-2;;/h5-12H,3-4,13H2,1-2H3;2*1H4. The Morgan fingerprint density at radius 2 is 0.895 bits per heavy atom. The molecule has 0 N–H and O–H groups in total. The smallest absolute Gasteiger partial charge is 0.00203 e. The molecule has 0 unspecified atom stereocenters. The first-order valence-electron chi connectivity index (χ1n) is 6.48. The zero-order valence-electron chi connectivity index (χ0n) is 10.7. The van der Waals surface area contributed by atoms with Gasteiger partial charge in [0.2, 0.25) is 0 Å². The molecule has 0 spiro atoms. The van der Waals surface area contributed by atoms with Crippen molar-refractivity contribution in [2.45, 2.75) is 48.0 Å². The summed E-state index contributed by atoms with van der Waals surface area (Å²) in [4.78, 5) is 0. The topological polar surface area (TPSA) is 0 Å². The molecule has 2 rings (SSSR count). The van der Waals surface area contributed by atoms with Crippen LogP contribution in [-0.2, 0) is 19.3 Å². The molecule has 19 heavy (non-hydrogen) atoms. The fraction of sp³-hybridized carbons (Fsp3) is 0.368. The fourth-order valence-corrected chi connectivity index (χ4v) is 2.35. The minimum atomic E-state index is 0. The van der Waals surface area contributed by atoms with Gasteiger partial charge in [0.1, 0.15) is 0 Å². The zero-order chi connectivity index (χ0) is 12.1. The van der Waals surface area contributed by atoms with Gasteiger partial charge in [0, 0.05) is 0 Å². The molecule has 0 nitrogen and oxygen atoms in total. The molecule has 2 aromatic carbocycles. The normalized spacial score (nSPS) is 9.37. The second kappa shape index (κ2) is 8.53. The molecule has 0 bridgehead atoms. The Morgan fingerprint density at radius 1 is 0.579 bits per heavy atom. The molecule has 104 valence electrons. The highest BCUT2D eigenvalue weighted by atomic mass is 14.1. The van der Waals surface area contributed by atoms with E-state index in [2.05, 4.69) is 62.4 Å². The summed E-state index contributed by atoms with van der Waals surface area (Å²) in [7, 11) is 0. The van der Waals surface area contributed by atoms with Gasteiger partial charge in [0.25, 0.3) is 0 Å². The van der Waals surface area contributed by atoms with Crippen LogP contribution in [0.3, 0.4) is 0 Å². The SMILES string of the molecule is C.C.CCc1ccccc1Cc1ccccc1CC. The molecule has 2 aromatic rings. The number of rotatable bonds is 4. The van der Waals surface area contributed by atoms with Crippen LogP contribution < -0.4 is 0 Å². The minimum absolute atomic E-state index is 0. The summed E-state index contributed by atoms with van der Waals surface area (Å²) in [5, 5.41) is 0. The van der Waals surface area contributed by atoms with Crippen LogP contribution in [0.25, 0.3) is 0 Å². The van der Waals surface area contributed by atoms with Crippen LogP contribution in [0.5, 0.6) is 0 Å². The Balaban J connectivity index is 0.00000162. The maximum absolute atomic E-state index is 2.26. The molecule has 0 heterocycles. The monoisotopic (exact) mass is 256 g/mol. The lowest BCUT2D eigenvalue weighted by atomic mass is 9.95. The van der Waals surface area contributed by atoms with Crippen LogP contribution in [0.15, 0.2) is 48.5 Å². The highest BCUT2D eigenvalue weighted by molar-refractivity contribution is 5.36. The third-order valence-corrected chi connectivity index (χ3v) is 3.38. The van der Waals surface area contributed by atoms with Gasteiger partial charge >= 0.3 is 0 Å². The van der Waals surface area contributed by atoms with E-state index in [9.17, 15) is 0 Å². The average Bonchev–Trinajstić information content (AvgIpc) is 2.40. The summed E-state index contributed by atoms with van der Waals surface area (Å²) in [6.07, 6.45) is 3.29. The van der Waals surface area contributed by atoms with E-state index in [1.165, 1.54) is 22.3 Å². The second-order valence-electron chi connectivity index (χ2n) is 4.42. The molecule has 0 heteroatoms. The van der Waals surface area contributed by atoms with Crippen molar-refractivity contribution in [3.05, 3.63) is 70.8 Å². The van der Waals surface area contributed by atoms with Crippen LogP contribution in [0.1, 0.15) is 51.0 Å². The largest absolute Gasteiger partial charge is 0.0776 e. The highest BCUT2D eigenvalue weighted by Crippen LogP contribution is 2.18. The maximum Gasteiger partial charge on any atom is -0.00203 e. The minimum Gasteiger partial charge on any atom is -0.0776 e. The summed E-state index contributed by atoms with van der Waals surface area (Å²) in [6.45, 7) is 4.45. The number of hydrogen-bond acceptors (Lipinski definition) is 0. The quantitative estimate of drug-likeness (QED) is 0.660.